The van der Waals surface area contributed by atoms with Gasteiger partial charge in [-0.15, -0.1) is 0 Å². The Hall–Kier alpha value is -1.95. The van der Waals surface area contributed by atoms with E-state index in [1.165, 1.54) is 19.2 Å². The predicted molar refractivity (Wildman–Crippen MR) is 98.1 cm³/mol. The number of carbonyl (C=O) groups is 2. The molecule has 1 N–H and O–H groups in total. The number of carbonyl (C=O) groups excluding carboxylic acids is 2. The van der Waals surface area contributed by atoms with Gasteiger partial charge in [0.1, 0.15) is 11.3 Å². The predicted octanol–water partition coefficient (Wildman–Crippen LogP) is 4.76. The molecule has 0 bridgehead atoms. The van der Waals surface area contributed by atoms with Crippen molar-refractivity contribution in [2.75, 3.05) is 19.0 Å². The van der Waals surface area contributed by atoms with Gasteiger partial charge in [0, 0.05) is 5.02 Å². The number of ether oxygens (including phenoxy) is 2. The summed E-state index contributed by atoms with van der Waals surface area (Å²) in [5.41, 5.74) is 1.14. The highest BCUT2D eigenvalue weighted by atomic mass is 35.5. The first-order chi connectivity index (χ1) is 11.8. The van der Waals surface area contributed by atoms with Crippen LogP contribution in [0.4, 0.5) is 5.69 Å². The van der Waals surface area contributed by atoms with E-state index in [0.29, 0.717) is 15.8 Å². The average Bonchev–Trinajstić information content (AvgIpc) is 2.60. The van der Waals surface area contributed by atoms with Crippen molar-refractivity contribution in [3.05, 3.63) is 56.5 Å². The molecule has 0 saturated heterocycles. The smallest absolute Gasteiger partial charge is 0.342 e. The molecule has 0 fully saturated rings. The van der Waals surface area contributed by atoms with Crippen LogP contribution in [-0.4, -0.2) is 25.6 Å². The fourth-order valence-electron chi connectivity index (χ4n) is 2.00. The zero-order valence-electron chi connectivity index (χ0n) is 13.4. The SMILES string of the molecule is COc1ccc(Cl)cc1C(=O)OCC(=O)Nc1c(Cl)ccc(C)c1Cl. The second-order valence-corrected chi connectivity index (χ2v) is 6.24. The van der Waals surface area contributed by atoms with Crippen molar-refractivity contribution in [1.82, 2.24) is 0 Å². The molecule has 0 radical (unpaired) electrons. The highest BCUT2D eigenvalue weighted by Gasteiger charge is 2.17. The number of nitrogens with one attached hydrogen (secondary N) is 1. The summed E-state index contributed by atoms with van der Waals surface area (Å²) >= 11 is 18.0. The van der Waals surface area contributed by atoms with Crippen molar-refractivity contribution < 1.29 is 19.1 Å². The van der Waals surface area contributed by atoms with Crippen molar-refractivity contribution >= 4 is 52.4 Å². The van der Waals surface area contributed by atoms with Crippen LogP contribution in [0.15, 0.2) is 30.3 Å². The summed E-state index contributed by atoms with van der Waals surface area (Å²) in [6, 6.07) is 7.85. The van der Waals surface area contributed by atoms with Crippen LogP contribution >= 0.6 is 34.8 Å². The summed E-state index contributed by atoms with van der Waals surface area (Å²) in [5, 5.41) is 3.48. The maximum Gasteiger partial charge on any atom is 0.342 e. The van der Waals surface area contributed by atoms with E-state index in [9.17, 15) is 9.59 Å². The third-order valence-corrected chi connectivity index (χ3v) is 4.30. The van der Waals surface area contributed by atoms with Crippen LogP contribution in [0, 0.1) is 6.92 Å². The monoisotopic (exact) mass is 401 g/mol. The second kappa shape index (κ2) is 8.43. The van der Waals surface area contributed by atoms with Crippen LogP contribution < -0.4 is 10.1 Å². The van der Waals surface area contributed by atoms with Crippen LogP contribution in [0.3, 0.4) is 0 Å². The first-order valence-electron chi connectivity index (χ1n) is 7.08. The first kappa shape index (κ1) is 19.4. The van der Waals surface area contributed by atoms with Crippen LogP contribution in [0.1, 0.15) is 15.9 Å². The standard InChI is InChI=1S/C17H14Cl3NO4/c1-9-3-5-12(19)16(15(9)20)21-14(22)8-25-17(23)11-7-10(18)4-6-13(11)24-2/h3-7H,8H2,1-2H3,(H,21,22). The number of aryl methyl sites for hydroxylation is 1. The lowest BCUT2D eigenvalue weighted by atomic mass is 10.2. The van der Waals surface area contributed by atoms with Gasteiger partial charge >= 0.3 is 5.97 Å². The molecule has 0 spiro atoms. The Labute approximate surface area is 159 Å². The number of rotatable bonds is 5. The third-order valence-electron chi connectivity index (χ3n) is 3.26. The molecule has 0 saturated carbocycles. The lowest BCUT2D eigenvalue weighted by Gasteiger charge is -2.12. The number of benzene rings is 2. The Kier molecular flexibility index (Phi) is 6.53. The van der Waals surface area contributed by atoms with Gasteiger partial charge in [-0.25, -0.2) is 4.79 Å². The molecule has 0 unspecified atom stereocenters. The number of amides is 1. The Morgan fingerprint density at radius 1 is 1.12 bits per heavy atom. The minimum atomic E-state index is -0.740. The fraction of sp³-hybridized carbons (Fsp3) is 0.176. The largest absolute Gasteiger partial charge is 0.496 e. The zero-order valence-corrected chi connectivity index (χ0v) is 15.6. The summed E-state index contributed by atoms with van der Waals surface area (Å²) in [6.45, 7) is 1.26. The topological polar surface area (TPSA) is 64.6 Å². The molecular formula is C17H14Cl3NO4. The number of hydrogen-bond donors (Lipinski definition) is 1. The van der Waals surface area contributed by atoms with Gasteiger partial charge in [-0.2, -0.15) is 0 Å². The van der Waals surface area contributed by atoms with Crippen LogP contribution in [0.2, 0.25) is 15.1 Å². The highest BCUT2D eigenvalue weighted by molar-refractivity contribution is 6.40. The summed E-state index contributed by atoms with van der Waals surface area (Å²) in [6.07, 6.45) is 0. The van der Waals surface area contributed by atoms with Crippen LogP contribution in [-0.2, 0) is 9.53 Å². The normalized spacial score (nSPS) is 10.3. The minimum Gasteiger partial charge on any atom is -0.496 e. The Morgan fingerprint density at radius 3 is 2.52 bits per heavy atom. The van der Waals surface area contributed by atoms with Crippen molar-refractivity contribution in [1.29, 1.82) is 0 Å². The van der Waals surface area contributed by atoms with Crippen molar-refractivity contribution in [2.24, 2.45) is 0 Å². The lowest BCUT2D eigenvalue weighted by molar-refractivity contribution is -0.119. The van der Waals surface area contributed by atoms with Gasteiger partial charge in [0.15, 0.2) is 6.61 Å². The maximum atomic E-state index is 12.1. The summed E-state index contributed by atoms with van der Waals surface area (Å²) in [5.74, 6) is -1.03. The molecule has 0 atom stereocenters. The van der Waals surface area contributed by atoms with Gasteiger partial charge in [-0.3, -0.25) is 4.79 Å². The lowest BCUT2D eigenvalue weighted by Crippen LogP contribution is -2.21. The number of anilines is 1. The number of esters is 1. The van der Waals surface area contributed by atoms with Crippen LogP contribution in [0.5, 0.6) is 5.75 Å². The molecule has 132 valence electrons. The molecule has 8 heteroatoms. The number of hydrogen-bond acceptors (Lipinski definition) is 4. The average molecular weight is 403 g/mol. The van der Waals surface area contributed by atoms with Gasteiger partial charge in [-0.1, -0.05) is 40.9 Å². The fourth-order valence-corrected chi connectivity index (χ4v) is 2.63. The summed E-state index contributed by atoms with van der Waals surface area (Å²) < 4.78 is 10.1. The van der Waals surface area contributed by atoms with Crippen molar-refractivity contribution in [3.8, 4) is 5.75 Å². The molecule has 0 heterocycles. The van der Waals surface area contributed by atoms with E-state index in [1.54, 1.807) is 25.1 Å². The Morgan fingerprint density at radius 2 is 1.84 bits per heavy atom. The summed E-state index contributed by atoms with van der Waals surface area (Å²) in [4.78, 5) is 24.2. The molecule has 2 aromatic rings. The highest BCUT2D eigenvalue weighted by Crippen LogP contribution is 2.32. The molecule has 2 rings (SSSR count). The Bertz CT molecular complexity index is 824. The van der Waals surface area contributed by atoms with Crippen LogP contribution in [0.25, 0.3) is 0 Å². The Balaban J connectivity index is 2.05. The van der Waals surface area contributed by atoms with Gasteiger partial charge < -0.3 is 14.8 Å². The van der Waals surface area contributed by atoms with Gasteiger partial charge in [0.05, 0.1) is 22.8 Å². The maximum absolute atomic E-state index is 12.1. The first-order valence-corrected chi connectivity index (χ1v) is 8.22. The molecule has 0 aromatic heterocycles. The minimum absolute atomic E-state index is 0.120. The molecular weight excluding hydrogens is 389 g/mol. The van der Waals surface area contributed by atoms with E-state index in [0.717, 1.165) is 5.56 Å². The number of methoxy groups -OCH3 is 1. The third kappa shape index (κ3) is 4.78. The molecule has 0 aliphatic rings. The molecule has 0 aliphatic carbocycles. The second-order valence-electron chi connectivity index (χ2n) is 5.02. The van der Waals surface area contributed by atoms with Crippen molar-refractivity contribution in [3.63, 3.8) is 0 Å². The van der Waals surface area contributed by atoms with Gasteiger partial charge in [-0.05, 0) is 36.8 Å². The molecule has 25 heavy (non-hydrogen) atoms. The van der Waals surface area contributed by atoms with Crippen molar-refractivity contribution in [2.45, 2.75) is 6.92 Å². The van der Waals surface area contributed by atoms with E-state index in [-0.39, 0.29) is 16.3 Å². The van der Waals surface area contributed by atoms with E-state index in [2.05, 4.69) is 5.32 Å². The molecule has 1 amide bonds. The van der Waals surface area contributed by atoms with E-state index < -0.39 is 18.5 Å². The summed E-state index contributed by atoms with van der Waals surface area (Å²) in [7, 11) is 1.41. The van der Waals surface area contributed by atoms with Gasteiger partial charge in [0.25, 0.3) is 5.91 Å². The van der Waals surface area contributed by atoms with E-state index >= 15 is 0 Å². The number of halogens is 3. The molecule has 2 aromatic carbocycles. The van der Waals surface area contributed by atoms with E-state index in [1.807, 2.05) is 0 Å². The van der Waals surface area contributed by atoms with Gasteiger partial charge in [0.2, 0.25) is 0 Å². The molecule has 0 aliphatic heterocycles. The molecule has 5 nitrogen and oxygen atoms in total. The van der Waals surface area contributed by atoms with E-state index in [4.69, 9.17) is 44.3 Å². The zero-order chi connectivity index (χ0) is 18.6. The quantitative estimate of drug-likeness (QED) is 0.732.